The van der Waals surface area contributed by atoms with E-state index in [1.807, 2.05) is 0 Å². The maximum atomic E-state index is 5.90. The predicted octanol–water partition coefficient (Wildman–Crippen LogP) is 1.57. The Hall–Kier alpha value is -0.770. The number of nitrogens with zero attached hydrogens (tertiary/aromatic N) is 2. The summed E-state index contributed by atoms with van der Waals surface area (Å²) in [7, 11) is 0. The average molecular weight is 252 g/mol. The van der Waals surface area contributed by atoms with E-state index in [4.69, 9.17) is 5.73 Å². The first-order valence-corrected chi connectivity index (χ1v) is 7.57. The van der Waals surface area contributed by atoms with Gasteiger partial charge in [0.05, 0.1) is 6.54 Å². The Bertz CT molecular complexity index is 273. The third kappa shape index (κ3) is 3.87. The second-order valence-corrected chi connectivity index (χ2v) is 5.66. The van der Waals surface area contributed by atoms with Crippen molar-refractivity contribution >= 4 is 5.96 Å². The number of hydrogen-bond donors (Lipinski definition) is 2. The smallest absolute Gasteiger partial charge is 0.188 e. The molecule has 1 saturated heterocycles. The average Bonchev–Trinajstić information content (AvgIpc) is 2.77. The minimum atomic E-state index is 0.613. The van der Waals surface area contributed by atoms with Gasteiger partial charge in [-0.15, -0.1) is 0 Å². The molecule has 3 N–H and O–H groups in total. The van der Waals surface area contributed by atoms with Crippen LogP contribution in [0, 0.1) is 5.92 Å². The molecule has 1 saturated carbocycles. The van der Waals surface area contributed by atoms with E-state index in [1.54, 1.807) is 0 Å². The van der Waals surface area contributed by atoms with Crippen LogP contribution in [-0.4, -0.2) is 43.1 Å². The number of nitrogens with one attached hydrogen (secondary N) is 1. The van der Waals surface area contributed by atoms with Crippen LogP contribution in [0.5, 0.6) is 0 Å². The maximum Gasteiger partial charge on any atom is 0.188 e. The van der Waals surface area contributed by atoms with Crippen LogP contribution in [0.3, 0.4) is 0 Å². The van der Waals surface area contributed by atoms with Crippen molar-refractivity contribution in [2.24, 2.45) is 16.6 Å². The topological polar surface area (TPSA) is 53.6 Å². The summed E-state index contributed by atoms with van der Waals surface area (Å²) in [6.45, 7) is 6.43. The number of nitrogens with two attached hydrogens (primary N) is 1. The molecule has 2 rings (SSSR count). The third-order valence-electron chi connectivity index (χ3n) is 4.46. The molecule has 1 atom stereocenters. The van der Waals surface area contributed by atoms with Gasteiger partial charge >= 0.3 is 0 Å². The van der Waals surface area contributed by atoms with Crippen molar-refractivity contribution in [1.29, 1.82) is 0 Å². The second-order valence-electron chi connectivity index (χ2n) is 5.66. The lowest BCUT2D eigenvalue weighted by Crippen LogP contribution is -2.36. The van der Waals surface area contributed by atoms with Gasteiger partial charge in [0.2, 0.25) is 0 Å². The first-order chi connectivity index (χ1) is 8.79. The molecule has 0 spiro atoms. The van der Waals surface area contributed by atoms with Crippen molar-refractivity contribution in [3.63, 3.8) is 0 Å². The van der Waals surface area contributed by atoms with Crippen molar-refractivity contribution in [2.75, 3.05) is 26.2 Å². The van der Waals surface area contributed by atoms with Crippen LogP contribution in [0.1, 0.15) is 45.4 Å². The zero-order chi connectivity index (χ0) is 12.8. The molecule has 0 aromatic carbocycles. The molecule has 18 heavy (non-hydrogen) atoms. The molecule has 104 valence electrons. The molecule has 0 bridgehead atoms. The van der Waals surface area contributed by atoms with E-state index in [9.17, 15) is 0 Å². The van der Waals surface area contributed by atoms with E-state index in [2.05, 4.69) is 22.1 Å². The Labute approximate surface area is 111 Å². The number of likely N-dealkylation sites (N-methyl/N-ethyl adjacent to an activating group) is 1. The van der Waals surface area contributed by atoms with E-state index in [1.165, 1.54) is 45.1 Å². The third-order valence-corrected chi connectivity index (χ3v) is 4.46. The minimum absolute atomic E-state index is 0.613. The molecule has 0 aromatic heterocycles. The predicted molar refractivity (Wildman–Crippen MR) is 76.7 cm³/mol. The number of guanidine groups is 1. The summed E-state index contributed by atoms with van der Waals surface area (Å²) in [6, 6.07) is 0.613. The summed E-state index contributed by atoms with van der Waals surface area (Å²) >= 11 is 0. The van der Waals surface area contributed by atoms with Gasteiger partial charge in [-0.25, -0.2) is 0 Å². The molecule has 4 heteroatoms. The van der Waals surface area contributed by atoms with Gasteiger partial charge in [0.1, 0.15) is 0 Å². The lowest BCUT2D eigenvalue weighted by atomic mass is 9.83. The molecular weight excluding hydrogens is 224 g/mol. The van der Waals surface area contributed by atoms with Gasteiger partial charge in [0.15, 0.2) is 5.96 Å². The molecule has 0 aromatic rings. The van der Waals surface area contributed by atoms with Crippen LogP contribution in [0.25, 0.3) is 0 Å². The first kappa shape index (κ1) is 13.7. The fourth-order valence-corrected chi connectivity index (χ4v) is 2.96. The lowest BCUT2D eigenvalue weighted by molar-refractivity contribution is 0.273. The van der Waals surface area contributed by atoms with Gasteiger partial charge in [-0.05, 0) is 38.3 Å². The fraction of sp³-hybridized carbons (Fsp3) is 0.929. The molecule has 1 heterocycles. The van der Waals surface area contributed by atoms with Crippen LogP contribution >= 0.6 is 0 Å². The zero-order valence-corrected chi connectivity index (χ0v) is 11.7. The summed E-state index contributed by atoms with van der Waals surface area (Å²) in [5, 5.41) is 3.25. The van der Waals surface area contributed by atoms with Gasteiger partial charge in [-0.2, -0.15) is 0 Å². The highest BCUT2D eigenvalue weighted by Gasteiger charge is 2.22. The van der Waals surface area contributed by atoms with Crippen molar-refractivity contribution in [2.45, 2.75) is 51.5 Å². The largest absolute Gasteiger partial charge is 0.370 e. The standard InChI is InChI=1S/C14H28N4/c1-2-18-10-4-7-13(18)11-17-14(15)16-9-8-12-5-3-6-12/h12-13H,2-11H2,1H3,(H3,15,16,17). The summed E-state index contributed by atoms with van der Waals surface area (Å²) in [4.78, 5) is 6.99. The Morgan fingerprint density at radius 3 is 2.83 bits per heavy atom. The minimum Gasteiger partial charge on any atom is -0.370 e. The highest BCUT2D eigenvalue weighted by Crippen LogP contribution is 2.28. The lowest BCUT2D eigenvalue weighted by Gasteiger charge is -2.25. The molecule has 2 fully saturated rings. The molecule has 1 unspecified atom stereocenters. The van der Waals surface area contributed by atoms with Crippen molar-refractivity contribution in [1.82, 2.24) is 10.2 Å². The summed E-state index contributed by atoms with van der Waals surface area (Å²) < 4.78 is 0. The SMILES string of the molecule is CCN1CCCC1CN=C(N)NCCC1CCC1. The monoisotopic (exact) mass is 252 g/mol. The van der Waals surface area contributed by atoms with Gasteiger partial charge < -0.3 is 11.1 Å². The van der Waals surface area contributed by atoms with Crippen molar-refractivity contribution in [3.8, 4) is 0 Å². The summed E-state index contributed by atoms with van der Waals surface area (Å²) in [5.74, 6) is 1.58. The zero-order valence-electron chi connectivity index (χ0n) is 11.7. The molecule has 1 aliphatic heterocycles. The molecule has 1 aliphatic carbocycles. The van der Waals surface area contributed by atoms with E-state index in [0.29, 0.717) is 12.0 Å². The molecular formula is C14H28N4. The Balaban J connectivity index is 1.61. The van der Waals surface area contributed by atoms with E-state index >= 15 is 0 Å². The van der Waals surface area contributed by atoms with E-state index in [0.717, 1.165) is 25.6 Å². The van der Waals surface area contributed by atoms with Crippen molar-refractivity contribution in [3.05, 3.63) is 0 Å². The summed E-state index contributed by atoms with van der Waals surface area (Å²) in [5.41, 5.74) is 5.90. The maximum absolute atomic E-state index is 5.90. The molecule has 0 radical (unpaired) electrons. The summed E-state index contributed by atoms with van der Waals surface area (Å²) in [6.07, 6.45) is 8.07. The van der Waals surface area contributed by atoms with E-state index < -0.39 is 0 Å². The van der Waals surface area contributed by atoms with Gasteiger partial charge in [0.25, 0.3) is 0 Å². The van der Waals surface area contributed by atoms with Crippen LogP contribution in [-0.2, 0) is 0 Å². The molecule has 2 aliphatic rings. The van der Waals surface area contributed by atoms with Gasteiger partial charge in [-0.3, -0.25) is 9.89 Å². The quantitative estimate of drug-likeness (QED) is 0.557. The number of rotatable bonds is 6. The normalized spacial score (nSPS) is 26.3. The Morgan fingerprint density at radius 1 is 1.33 bits per heavy atom. The van der Waals surface area contributed by atoms with Gasteiger partial charge in [0, 0.05) is 12.6 Å². The number of hydrogen-bond acceptors (Lipinski definition) is 2. The van der Waals surface area contributed by atoms with Gasteiger partial charge in [-0.1, -0.05) is 26.2 Å². The molecule has 0 amide bonds. The van der Waals surface area contributed by atoms with Crippen LogP contribution in [0.2, 0.25) is 0 Å². The number of aliphatic imine (C=N–C) groups is 1. The Kier molecular flexibility index (Phi) is 5.29. The van der Waals surface area contributed by atoms with Crippen LogP contribution in [0.15, 0.2) is 4.99 Å². The fourth-order valence-electron chi connectivity index (χ4n) is 2.96. The molecule has 4 nitrogen and oxygen atoms in total. The first-order valence-electron chi connectivity index (χ1n) is 7.57. The van der Waals surface area contributed by atoms with E-state index in [-0.39, 0.29) is 0 Å². The number of likely N-dealkylation sites (tertiary alicyclic amines) is 1. The highest BCUT2D eigenvalue weighted by atomic mass is 15.2. The van der Waals surface area contributed by atoms with Crippen LogP contribution < -0.4 is 11.1 Å². The Morgan fingerprint density at radius 2 is 2.17 bits per heavy atom. The second kappa shape index (κ2) is 6.98. The van der Waals surface area contributed by atoms with Crippen molar-refractivity contribution < 1.29 is 0 Å². The van der Waals surface area contributed by atoms with Crippen LogP contribution in [0.4, 0.5) is 0 Å². The highest BCUT2D eigenvalue weighted by molar-refractivity contribution is 5.77.